The Morgan fingerprint density at radius 2 is 1.95 bits per heavy atom. The summed E-state index contributed by atoms with van der Waals surface area (Å²) < 4.78 is 0. The van der Waals surface area contributed by atoms with Crippen LogP contribution in [-0.4, -0.2) is 16.4 Å². The highest BCUT2D eigenvalue weighted by Crippen LogP contribution is 2.16. The van der Waals surface area contributed by atoms with Gasteiger partial charge in [-0.15, -0.1) is 0 Å². The van der Waals surface area contributed by atoms with Gasteiger partial charge in [-0.05, 0) is 45.0 Å². The molecule has 0 saturated heterocycles. The maximum Gasteiger partial charge on any atom is 0.257 e. The number of aromatic nitrogens is 1. The Labute approximate surface area is 130 Å². The van der Waals surface area contributed by atoms with E-state index in [9.17, 15) is 4.79 Å². The molecule has 2 rings (SSSR count). The standard InChI is InChI=1S/C17H18N4O/c1-17(2,3)21-15-8-13(10-19-11-15)16(22)20-14-6-4-5-12(7-14)9-18/h4-8,10-11,21H,1-3H3,(H,20,22). The van der Waals surface area contributed by atoms with Crippen LogP contribution in [0.15, 0.2) is 42.7 Å². The summed E-state index contributed by atoms with van der Waals surface area (Å²) in [6.45, 7) is 6.10. The quantitative estimate of drug-likeness (QED) is 0.909. The molecule has 1 heterocycles. The molecule has 1 amide bonds. The van der Waals surface area contributed by atoms with Crippen LogP contribution in [0.3, 0.4) is 0 Å². The number of rotatable bonds is 3. The van der Waals surface area contributed by atoms with Gasteiger partial charge in [0.25, 0.3) is 5.91 Å². The van der Waals surface area contributed by atoms with Gasteiger partial charge in [0.05, 0.1) is 22.9 Å². The molecule has 0 aliphatic heterocycles. The summed E-state index contributed by atoms with van der Waals surface area (Å²) in [6, 6.07) is 10.6. The van der Waals surface area contributed by atoms with Crippen molar-refractivity contribution in [2.24, 2.45) is 0 Å². The van der Waals surface area contributed by atoms with Crippen LogP contribution in [0.25, 0.3) is 0 Å². The predicted molar refractivity (Wildman–Crippen MR) is 86.7 cm³/mol. The van der Waals surface area contributed by atoms with Crippen molar-refractivity contribution in [3.63, 3.8) is 0 Å². The number of nitriles is 1. The van der Waals surface area contributed by atoms with Crippen molar-refractivity contribution in [2.75, 3.05) is 10.6 Å². The number of carbonyl (C=O) groups excluding carboxylic acids is 1. The highest BCUT2D eigenvalue weighted by molar-refractivity contribution is 6.04. The summed E-state index contributed by atoms with van der Waals surface area (Å²) in [5.74, 6) is -0.264. The lowest BCUT2D eigenvalue weighted by Gasteiger charge is -2.22. The molecule has 2 N–H and O–H groups in total. The molecule has 0 radical (unpaired) electrons. The number of amides is 1. The fourth-order valence-corrected chi connectivity index (χ4v) is 1.94. The molecule has 0 bridgehead atoms. The molecule has 0 fully saturated rings. The fourth-order valence-electron chi connectivity index (χ4n) is 1.94. The summed E-state index contributed by atoms with van der Waals surface area (Å²) in [5.41, 5.74) is 2.21. The van der Waals surface area contributed by atoms with Crippen molar-refractivity contribution >= 4 is 17.3 Å². The highest BCUT2D eigenvalue weighted by Gasteiger charge is 2.12. The third-order valence-electron chi connectivity index (χ3n) is 2.77. The molecule has 0 atom stereocenters. The van der Waals surface area contributed by atoms with Crippen LogP contribution in [0, 0.1) is 11.3 Å². The van der Waals surface area contributed by atoms with Gasteiger partial charge >= 0.3 is 0 Å². The summed E-state index contributed by atoms with van der Waals surface area (Å²) >= 11 is 0. The Morgan fingerprint density at radius 1 is 1.18 bits per heavy atom. The van der Waals surface area contributed by atoms with Crippen molar-refractivity contribution in [2.45, 2.75) is 26.3 Å². The topological polar surface area (TPSA) is 77.8 Å². The van der Waals surface area contributed by atoms with Crippen molar-refractivity contribution in [3.8, 4) is 6.07 Å². The first-order valence-corrected chi connectivity index (χ1v) is 6.92. The Morgan fingerprint density at radius 3 is 2.64 bits per heavy atom. The first kappa shape index (κ1) is 15.5. The third-order valence-corrected chi connectivity index (χ3v) is 2.77. The monoisotopic (exact) mass is 294 g/mol. The summed E-state index contributed by atoms with van der Waals surface area (Å²) in [6.07, 6.45) is 3.19. The van der Waals surface area contributed by atoms with E-state index in [4.69, 9.17) is 5.26 Å². The molecule has 0 unspecified atom stereocenters. The molecule has 112 valence electrons. The SMILES string of the molecule is CC(C)(C)Nc1cncc(C(=O)Nc2cccc(C#N)c2)c1. The fraction of sp³-hybridized carbons (Fsp3) is 0.235. The first-order valence-electron chi connectivity index (χ1n) is 6.92. The van der Waals surface area contributed by atoms with Gasteiger partial charge in [-0.25, -0.2) is 0 Å². The van der Waals surface area contributed by atoms with Crippen molar-refractivity contribution in [1.29, 1.82) is 5.26 Å². The van der Waals surface area contributed by atoms with Gasteiger partial charge in [0.1, 0.15) is 0 Å². The molecule has 2 aromatic rings. The maximum atomic E-state index is 12.3. The molecule has 0 spiro atoms. The molecule has 5 nitrogen and oxygen atoms in total. The average Bonchev–Trinajstić information content (AvgIpc) is 2.46. The number of hydrogen-bond donors (Lipinski definition) is 2. The zero-order valence-electron chi connectivity index (χ0n) is 12.8. The molecule has 22 heavy (non-hydrogen) atoms. The van der Waals surface area contributed by atoms with Crippen LogP contribution in [0.2, 0.25) is 0 Å². The van der Waals surface area contributed by atoms with E-state index in [0.29, 0.717) is 16.8 Å². The number of anilines is 2. The molecule has 1 aromatic carbocycles. The Kier molecular flexibility index (Phi) is 4.42. The molecule has 0 aliphatic rings. The number of pyridine rings is 1. The summed E-state index contributed by atoms with van der Waals surface area (Å²) in [7, 11) is 0. The van der Waals surface area contributed by atoms with E-state index < -0.39 is 0 Å². The van der Waals surface area contributed by atoms with E-state index in [1.165, 1.54) is 6.20 Å². The maximum absolute atomic E-state index is 12.3. The highest BCUT2D eigenvalue weighted by atomic mass is 16.1. The van der Waals surface area contributed by atoms with Gasteiger partial charge in [-0.3, -0.25) is 9.78 Å². The van der Waals surface area contributed by atoms with E-state index >= 15 is 0 Å². The molecule has 0 saturated carbocycles. The smallest absolute Gasteiger partial charge is 0.257 e. The van der Waals surface area contributed by atoms with Crippen LogP contribution in [0.4, 0.5) is 11.4 Å². The van der Waals surface area contributed by atoms with Crippen LogP contribution < -0.4 is 10.6 Å². The van der Waals surface area contributed by atoms with Gasteiger partial charge in [0.15, 0.2) is 0 Å². The molecular formula is C17H18N4O. The minimum atomic E-state index is -0.264. The van der Waals surface area contributed by atoms with Crippen molar-refractivity contribution in [1.82, 2.24) is 4.98 Å². The van der Waals surface area contributed by atoms with Crippen LogP contribution in [0.1, 0.15) is 36.7 Å². The van der Waals surface area contributed by atoms with Crippen molar-refractivity contribution < 1.29 is 4.79 Å². The van der Waals surface area contributed by atoms with E-state index in [1.54, 1.807) is 36.5 Å². The minimum Gasteiger partial charge on any atom is -0.379 e. The second-order valence-electron chi connectivity index (χ2n) is 5.98. The van der Waals surface area contributed by atoms with Gasteiger partial charge in [-0.2, -0.15) is 5.26 Å². The molecular weight excluding hydrogens is 276 g/mol. The number of nitrogens with zero attached hydrogens (tertiary/aromatic N) is 2. The summed E-state index contributed by atoms with van der Waals surface area (Å²) in [4.78, 5) is 16.4. The zero-order valence-corrected chi connectivity index (χ0v) is 12.8. The number of benzene rings is 1. The Balaban J connectivity index is 2.16. The number of hydrogen-bond acceptors (Lipinski definition) is 4. The van der Waals surface area contributed by atoms with E-state index in [2.05, 4.69) is 15.6 Å². The number of carbonyl (C=O) groups is 1. The van der Waals surface area contributed by atoms with Gasteiger partial charge < -0.3 is 10.6 Å². The Hall–Kier alpha value is -2.87. The van der Waals surface area contributed by atoms with Gasteiger partial charge in [-0.1, -0.05) is 6.07 Å². The van der Waals surface area contributed by atoms with Crippen molar-refractivity contribution in [3.05, 3.63) is 53.9 Å². The second-order valence-corrected chi connectivity index (χ2v) is 5.98. The predicted octanol–water partition coefficient (Wildman–Crippen LogP) is 3.42. The second kappa shape index (κ2) is 6.27. The van der Waals surface area contributed by atoms with E-state index in [0.717, 1.165) is 5.69 Å². The normalized spacial score (nSPS) is 10.6. The average molecular weight is 294 g/mol. The first-order chi connectivity index (χ1) is 10.4. The van der Waals surface area contributed by atoms with Gasteiger partial charge in [0.2, 0.25) is 0 Å². The molecule has 0 aliphatic carbocycles. The minimum absolute atomic E-state index is 0.113. The number of nitrogens with one attached hydrogen (secondary N) is 2. The van der Waals surface area contributed by atoms with E-state index in [1.807, 2.05) is 26.8 Å². The van der Waals surface area contributed by atoms with E-state index in [-0.39, 0.29) is 11.4 Å². The van der Waals surface area contributed by atoms with Crippen LogP contribution in [-0.2, 0) is 0 Å². The van der Waals surface area contributed by atoms with Gasteiger partial charge in [0, 0.05) is 23.6 Å². The lowest BCUT2D eigenvalue weighted by Crippen LogP contribution is -2.26. The Bertz CT molecular complexity index is 726. The van der Waals surface area contributed by atoms with Crippen LogP contribution in [0.5, 0.6) is 0 Å². The van der Waals surface area contributed by atoms with Crippen LogP contribution >= 0.6 is 0 Å². The largest absolute Gasteiger partial charge is 0.379 e. The third kappa shape index (κ3) is 4.32. The molecule has 1 aromatic heterocycles. The lowest BCUT2D eigenvalue weighted by atomic mass is 10.1. The lowest BCUT2D eigenvalue weighted by molar-refractivity contribution is 0.102. The summed E-state index contributed by atoms with van der Waals surface area (Å²) in [5, 5.41) is 14.9. The zero-order chi connectivity index (χ0) is 16.2. The molecule has 5 heteroatoms.